The van der Waals surface area contributed by atoms with Gasteiger partial charge in [-0.3, -0.25) is 0 Å². The van der Waals surface area contributed by atoms with Crippen LogP contribution in [0.4, 0.5) is 42.5 Å². The fourth-order valence-electron chi connectivity index (χ4n) is 3.00. The molecule has 11 heteroatoms. The van der Waals surface area contributed by atoms with E-state index in [9.17, 15) is 31.1 Å². The number of rotatable bonds is 5. The van der Waals surface area contributed by atoms with Crippen molar-refractivity contribution in [1.29, 1.82) is 0 Å². The van der Waals surface area contributed by atoms with Crippen LogP contribution in [0.5, 0.6) is 5.75 Å². The lowest BCUT2D eigenvalue weighted by Crippen LogP contribution is -2.21. The summed E-state index contributed by atoms with van der Waals surface area (Å²) in [4.78, 5) is 12.3. The molecule has 2 aromatic rings. The Labute approximate surface area is 178 Å². The van der Waals surface area contributed by atoms with Gasteiger partial charge in [-0.25, -0.2) is 4.79 Å². The number of ether oxygens (including phenoxy) is 2. The average molecular weight is 458 g/mol. The molecule has 1 aliphatic rings. The number of carbonyl (C=O) groups excluding carboxylic acids is 1. The quantitative estimate of drug-likeness (QED) is 0.491. The van der Waals surface area contributed by atoms with Gasteiger partial charge >= 0.3 is 18.8 Å². The van der Waals surface area contributed by atoms with E-state index in [2.05, 4.69) is 20.1 Å². The van der Waals surface area contributed by atoms with E-state index in [0.29, 0.717) is 11.3 Å². The maximum absolute atomic E-state index is 12.3. The lowest BCUT2D eigenvalue weighted by atomic mass is 9.91. The van der Waals surface area contributed by atoms with E-state index in [1.807, 2.05) is 0 Å². The van der Waals surface area contributed by atoms with Gasteiger partial charge < -0.3 is 20.1 Å². The normalized spacial score (nSPS) is 16.2. The van der Waals surface area contributed by atoms with Gasteiger partial charge in [-0.2, -0.15) is 0 Å². The fraction of sp³-hybridized carbons (Fsp3) is 0.190. The van der Waals surface area contributed by atoms with Crippen LogP contribution in [0.2, 0.25) is 0 Å². The highest BCUT2D eigenvalue weighted by atomic mass is 19.4. The molecule has 0 heterocycles. The van der Waals surface area contributed by atoms with Gasteiger partial charge in [0.15, 0.2) is 0 Å². The van der Waals surface area contributed by atoms with Crippen molar-refractivity contribution in [2.45, 2.75) is 25.1 Å². The molecular weight excluding hydrogens is 442 g/mol. The van der Waals surface area contributed by atoms with Crippen molar-refractivity contribution in [1.82, 2.24) is 0 Å². The number of benzene rings is 2. The Balaban J connectivity index is 1.63. The number of anilines is 2. The molecule has 0 saturated heterocycles. The third kappa shape index (κ3) is 6.96. The number of carbonyl (C=O) groups is 1. The van der Waals surface area contributed by atoms with Crippen molar-refractivity contribution in [2.75, 3.05) is 10.6 Å². The minimum Gasteiger partial charge on any atom is -0.406 e. The second-order valence-corrected chi connectivity index (χ2v) is 6.59. The Bertz CT molecular complexity index is 1010. The summed E-state index contributed by atoms with van der Waals surface area (Å²) in [5.74, 6) is -1.04. The fourth-order valence-corrected chi connectivity index (χ4v) is 3.00. The van der Waals surface area contributed by atoms with Crippen LogP contribution >= 0.6 is 0 Å². The van der Waals surface area contributed by atoms with Gasteiger partial charge in [-0.15, -0.1) is 26.3 Å². The number of urea groups is 1. The van der Waals surface area contributed by atoms with Gasteiger partial charge in [0.1, 0.15) is 11.5 Å². The number of allylic oxidation sites excluding steroid dienone is 3. The summed E-state index contributed by atoms with van der Waals surface area (Å²) in [6, 6.07) is 10.7. The summed E-state index contributed by atoms with van der Waals surface area (Å²) in [5, 5.41) is 5.11. The largest absolute Gasteiger partial charge is 0.573 e. The minimum atomic E-state index is -4.82. The molecule has 5 nitrogen and oxygen atoms in total. The summed E-state index contributed by atoms with van der Waals surface area (Å²) in [6.45, 7) is 0. The van der Waals surface area contributed by atoms with Crippen LogP contribution in [0.3, 0.4) is 0 Å². The predicted molar refractivity (Wildman–Crippen MR) is 104 cm³/mol. The van der Waals surface area contributed by atoms with Crippen molar-refractivity contribution in [3.05, 3.63) is 78.1 Å². The number of hydrogen-bond donors (Lipinski definition) is 2. The molecule has 1 unspecified atom stereocenters. The topological polar surface area (TPSA) is 59.6 Å². The molecule has 0 aromatic heterocycles. The molecule has 0 fully saturated rings. The number of amides is 2. The maximum Gasteiger partial charge on any atom is 0.573 e. The second kappa shape index (κ2) is 9.25. The molecule has 2 N–H and O–H groups in total. The zero-order valence-electron chi connectivity index (χ0n) is 16.1. The van der Waals surface area contributed by atoms with Crippen molar-refractivity contribution < 1.29 is 40.6 Å². The molecule has 0 spiro atoms. The Morgan fingerprint density at radius 3 is 2.12 bits per heavy atom. The van der Waals surface area contributed by atoms with Crippen LogP contribution in [0.15, 0.2) is 72.5 Å². The number of nitrogens with one attached hydrogen (secondary N) is 2. The first-order valence-electron chi connectivity index (χ1n) is 9.15. The predicted octanol–water partition coefficient (Wildman–Crippen LogP) is 6.69. The molecule has 170 valence electrons. The Kier molecular flexibility index (Phi) is 6.66. The highest BCUT2D eigenvalue weighted by Crippen LogP contribution is 2.34. The van der Waals surface area contributed by atoms with E-state index in [1.54, 1.807) is 30.3 Å². The molecule has 0 saturated carbocycles. The van der Waals surface area contributed by atoms with Gasteiger partial charge in [0.05, 0.1) is 0 Å². The van der Waals surface area contributed by atoms with Gasteiger partial charge in [-0.1, -0.05) is 24.3 Å². The summed E-state index contributed by atoms with van der Waals surface area (Å²) in [7, 11) is 0. The van der Waals surface area contributed by atoms with Gasteiger partial charge in [-0.05, 0) is 54.5 Å². The van der Waals surface area contributed by atoms with E-state index in [-0.39, 0.29) is 23.8 Å². The number of para-hydroxylation sites is 1. The van der Waals surface area contributed by atoms with Crippen molar-refractivity contribution in [2.24, 2.45) is 0 Å². The SMILES string of the molecule is O=C(Nc1ccc(OC(F)(F)F)cc1)Nc1ccccc1C1C=CC(OC(F)(F)F)=CC1. The first-order chi connectivity index (χ1) is 15.0. The summed E-state index contributed by atoms with van der Waals surface area (Å²) >= 11 is 0. The van der Waals surface area contributed by atoms with E-state index in [1.165, 1.54) is 24.3 Å². The Morgan fingerprint density at radius 1 is 0.875 bits per heavy atom. The van der Waals surface area contributed by atoms with Crippen LogP contribution in [-0.4, -0.2) is 18.8 Å². The summed E-state index contributed by atoms with van der Waals surface area (Å²) in [5.41, 5.74) is 1.31. The molecule has 0 bridgehead atoms. The molecule has 1 atom stereocenters. The van der Waals surface area contributed by atoms with Gasteiger partial charge in [0.2, 0.25) is 0 Å². The summed E-state index contributed by atoms with van der Waals surface area (Å²) in [6.07, 6.45) is -5.32. The van der Waals surface area contributed by atoms with Crippen molar-refractivity contribution >= 4 is 17.4 Å². The van der Waals surface area contributed by atoms with Gasteiger partial charge in [0.25, 0.3) is 0 Å². The first-order valence-corrected chi connectivity index (χ1v) is 9.15. The monoisotopic (exact) mass is 458 g/mol. The second-order valence-electron chi connectivity index (χ2n) is 6.59. The van der Waals surface area contributed by atoms with E-state index in [4.69, 9.17) is 0 Å². The lowest BCUT2D eigenvalue weighted by Gasteiger charge is -2.20. The molecular formula is C21H16F6N2O3. The molecule has 2 aromatic carbocycles. The molecule has 3 rings (SSSR count). The third-order valence-electron chi connectivity index (χ3n) is 4.25. The minimum absolute atomic E-state index is 0.225. The van der Waals surface area contributed by atoms with E-state index < -0.39 is 24.5 Å². The highest BCUT2D eigenvalue weighted by molar-refractivity contribution is 6.00. The third-order valence-corrected chi connectivity index (χ3v) is 4.25. The number of alkyl halides is 6. The Hall–Kier alpha value is -3.63. The van der Waals surface area contributed by atoms with Crippen molar-refractivity contribution in [3.63, 3.8) is 0 Å². The summed E-state index contributed by atoms with van der Waals surface area (Å²) < 4.78 is 81.3. The molecule has 0 aliphatic heterocycles. The zero-order valence-corrected chi connectivity index (χ0v) is 16.1. The molecule has 0 radical (unpaired) electrons. The lowest BCUT2D eigenvalue weighted by molar-refractivity contribution is -0.303. The number of hydrogen-bond acceptors (Lipinski definition) is 3. The van der Waals surface area contributed by atoms with Crippen molar-refractivity contribution in [3.8, 4) is 5.75 Å². The maximum atomic E-state index is 12.3. The van der Waals surface area contributed by atoms with Crippen LogP contribution in [0.25, 0.3) is 0 Å². The van der Waals surface area contributed by atoms with Gasteiger partial charge in [0, 0.05) is 17.3 Å². The van der Waals surface area contributed by atoms with Crippen LogP contribution < -0.4 is 15.4 Å². The first kappa shape index (κ1) is 23.0. The molecule has 1 aliphatic carbocycles. The van der Waals surface area contributed by atoms with Crippen LogP contribution in [0.1, 0.15) is 17.9 Å². The van der Waals surface area contributed by atoms with E-state index in [0.717, 1.165) is 12.1 Å². The number of halogens is 6. The molecule has 2 amide bonds. The highest BCUT2D eigenvalue weighted by Gasteiger charge is 2.32. The zero-order chi connectivity index (χ0) is 23.4. The van der Waals surface area contributed by atoms with Crippen LogP contribution in [-0.2, 0) is 4.74 Å². The standard InChI is InChI=1S/C21H16F6N2O3/c22-20(23,24)31-15-9-5-13(6-10-15)17-3-1-2-4-18(17)29-19(30)28-14-7-11-16(12-8-14)32-21(25,26)27/h1-5,7-13H,6H2,(H2,28,29,30). The Morgan fingerprint density at radius 2 is 1.53 bits per heavy atom. The molecule has 32 heavy (non-hydrogen) atoms. The average Bonchev–Trinajstić information content (AvgIpc) is 2.68. The smallest absolute Gasteiger partial charge is 0.406 e. The van der Waals surface area contributed by atoms with E-state index >= 15 is 0 Å². The van der Waals surface area contributed by atoms with Crippen LogP contribution in [0, 0.1) is 0 Å².